The van der Waals surface area contributed by atoms with E-state index in [1.807, 2.05) is 12.1 Å². The topological polar surface area (TPSA) is 20.3 Å². The standard InChI is InChI=1S/C14H17NO/c1-10(16)12-3-2-4-14-13(12)7-8-15(14)9-11-5-6-11/h2-4,11H,5-9H2,1H3. The molecule has 1 fully saturated rings. The zero-order chi connectivity index (χ0) is 11.1. The molecule has 1 aromatic rings. The fourth-order valence-corrected chi connectivity index (χ4v) is 2.63. The van der Waals surface area contributed by atoms with Gasteiger partial charge in [0.2, 0.25) is 0 Å². The number of benzene rings is 1. The number of carbonyl (C=O) groups is 1. The number of Topliss-reactive ketones (excluding diaryl/α,β-unsaturated/α-hetero) is 1. The highest BCUT2D eigenvalue weighted by molar-refractivity contribution is 5.97. The van der Waals surface area contributed by atoms with Crippen LogP contribution in [0.4, 0.5) is 5.69 Å². The number of nitrogens with zero attached hydrogens (tertiary/aromatic N) is 1. The average molecular weight is 215 g/mol. The van der Waals surface area contributed by atoms with Gasteiger partial charge < -0.3 is 4.90 Å². The predicted molar refractivity (Wildman–Crippen MR) is 65.1 cm³/mol. The van der Waals surface area contributed by atoms with Gasteiger partial charge in [-0.05, 0) is 43.7 Å². The molecule has 0 unspecified atom stereocenters. The maximum absolute atomic E-state index is 11.5. The Morgan fingerprint density at radius 1 is 1.44 bits per heavy atom. The smallest absolute Gasteiger partial charge is 0.160 e. The van der Waals surface area contributed by atoms with Crippen molar-refractivity contribution in [3.63, 3.8) is 0 Å². The van der Waals surface area contributed by atoms with Crippen LogP contribution in [-0.2, 0) is 6.42 Å². The van der Waals surface area contributed by atoms with Gasteiger partial charge in [-0.3, -0.25) is 4.79 Å². The third-order valence-corrected chi connectivity index (χ3v) is 3.68. The molecule has 0 amide bonds. The molecule has 0 saturated heterocycles. The van der Waals surface area contributed by atoms with E-state index in [4.69, 9.17) is 0 Å². The number of carbonyl (C=O) groups excluding carboxylic acids is 1. The van der Waals surface area contributed by atoms with Gasteiger partial charge in [-0.1, -0.05) is 12.1 Å². The Kier molecular flexibility index (Phi) is 2.23. The molecule has 84 valence electrons. The minimum atomic E-state index is 0.199. The summed E-state index contributed by atoms with van der Waals surface area (Å²) in [6.45, 7) is 3.95. The molecule has 1 aromatic carbocycles. The van der Waals surface area contributed by atoms with Crippen LogP contribution in [0.2, 0.25) is 0 Å². The van der Waals surface area contributed by atoms with Crippen LogP contribution in [0.5, 0.6) is 0 Å². The van der Waals surface area contributed by atoms with Gasteiger partial charge in [0, 0.05) is 24.3 Å². The minimum Gasteiger partial charge on any atom is -0.371 e. The van der Waals surface area contributed by atoms with E-state index in [0.29, 0.717) is 0 Å². The second kappa shape index (κ2) is 3.62. The van der Waals surface area contributed by atoms with Gasteiger partial charge in [0.05, 0.1) is 0 Å². The molecular formula is C14H17NO. The van der Waals surface area contributed by atoms with E-state index in [1.165, 1.54) is 30.6 Å². The summed E-state index contributed by atoms with van der Waals surface area (Å²) in [7, 11) is 0. The molecule has 0 N–H and O–H groups in total. The normalized spacial score (nSPS) is 18.7. The van der Waals surface area contributed by atoms with Crippen LogP contribution >= 0.6 is 0 Å². The lowest BCUT2D eigenvalue weighted by Gasteiger charge is -2.19. The molecule has 2 nitrogen and oxygen atoms in total. The Morgan fingerprint density at radius 2 is 2.25 bits per heavy atom. The molecule has 1 aliphatic heterocycles. The van der Waals surface area contributed by atoms with Gasteiger partial charge in [0.1, 0.15) is 0 Å². The zero-order valence-corrected chi connectivity index (χ0v) is 9.70. The van der Waals surface area contributed by atoms with Crippen LogP contribution in [0, 0.1) is 5.92 Å². The van der Waals surface area contributed by atoms with Crippen molar-refractivity contribution >= 4 is 11.5 Å². The summed E-state index contributed by atoms with van der Waals surface area (Å²) in [5.41, 5.74) is 3.51. The van der Waals surface area contributed by atoms with Crippen molar-refractivity contribution in [2.24, 2.45) is 5.92 Å². The molecule has 1 saturated carbocycles. The number of rotatable bonds is 3. The van der Waals surface area contributed by atoms with E-state index in [2.05, 4.69) is 11.0 Å². The summed E-state index contributed by atoms with van der Waals surface area (Å²) in [4.78, 5) is 14.0. The molecule has 0 spiro atoms. The molecule has 1 aliphatic carbocycles. The van der Waals surface area contributed by atoms with Gasteiger partial charge in [0.15, 0.2) is 5.78 Å². The van der Waals surface area contributed by atoms with Crippen LogP contribution in [0.3, 0.4) is 0 Å². The van der Waals surface area contributed by atoms with Crippen LogP contribution in [-0.4, -0.2) is 18.9 Å². The lowest BCUT2D eigenvalue weighted by Crippen LogP contribution is -2.22. The van der Waals surface area contributed by atoms with E-state index >= 15 is 0 Å². The third kappa shape index (κ3) is 1.62. The number of hydrogen-bond acceptors (Lipinski definition) is 2. The summed E-state index contributed by atoms with van der Waals surface area (Å²) >= 11 is 0. The molecule has 2 heteroatoms. The average Bonchev–Trinajstić information content (AvgIpc) is 2.98. The van der Waals surface area contributed by atoms with Crippen LogP contribution in [0.15, 0.2) is 18.2 Å². The van der Waals surface area contributed by atoms with Gasteiger partial charge in [-0.15, -0.1) is 0 Å². The van der Waals surface area contributed by atoms with Crippen molar-refractivity contribution in [1.82, 2.24) is 0 Å². The van der Waals surface area contributed by atoms with Crippen molar-refractivity contribution in [2.45, 2.75) is 26.2 Å². The maximum atomic E-state index is 11.5. The van der Waals surface area contributed by atoms with Crippen LogP contribution in [0.25, 0.3) is 0 Å². The summed E-state index contributed by atoms with van der Waals surface area (Å²) < 4.78 is 0. The highest BCUT2D eigenvalue weighted by Gasteiger charge is 2.29. The Hall–Kier alpha value is -1.31. The number of anilines is 1. The molecule has 3 rings (SSSR count). The van der Waals surface area contributed by atoms with Crippen molar-refractivity contribution < 1.29 is 4.79 Å². The molecule has 0 atom stereocenters. The van der Waals surface area contributed by atoms with E-state index in [0.717, 1.165) is 24.4 Å². The lowest BCUT2D eigenvalue weighted by atomic mass is 10.0. The Balaban J connectivity index is 1.93. The molecule has 0 aromatic heterocycles. The lowest BCUT2D eigenvalue weighted by molar-refractivity contribution is 0.101. The van der Waals surface area contributed by atoms with Crippen molar-refractivity contribution in [3.05, 3.63) is 29.3 Å². The number of fused-ring (bicyclic) bond motifs is 1. The van der Waals surface area contributed by atoms with E-state index < -0.39 is 0 Å². The predicted octanol–water partition coefficient (Wildman–Crippen LogP) is 2.66. The monoisotopic (exact) mass is 215 g/mol. The Morgan fingerprint density at radius 3 is 2.94 bits per heavy atom. The largest absolute Gasteiger partial charge is 0.371 e. The molecule has 16 heavy (non-hydrogen) atoms. The first kappa shape index (κ1) is 9.88. The molecule has 0 radical (unpaired) electrons. The molecule has 1 heterocycles. The SMILES string of the molecule is CC(=O)c1cccc2c1CCN2CC1CC1. The number of hydrogen-bond donors (Lipinski definition) is 0. The summed E-state index contributed by atoms with van der Waals surface area (Å²) in [5, 5.41) is 0. The zero-order valence-electron chi connectivity index (χ0n) is 9.70. The molecular weight excluding hydrogens is 198 g/mol. The van der Waals surface area contributed by atoms with E-state index in [-0.39, 0.29) is 5.78 Å². The fraction of sp³-hybridized carbons (Fsp3) is 0.500. The maximum Gasteiger partial charge on any atom is 0.160 e. The molecule has 0 bridgehead atoms. The molecule has 2 aliphatic rings. The van der Waals surface area contributed by atoms with Gasteiger partial charge in [-0.25, -0.2) is 0 Å². The van der Waals surface area contributed by atoms with Crippen molar-refractivity contribution in [2.75, 3.05) is 18.0 Å². The van der Waals surface area contributed by atoms with Crippen LogP contribution in [0.1, 0.15) is 35.7 Å². The second-order valence-electron chi connectivity index (χ2n) is 5.00. The van der Waals surface area contributed by atoms with Gasteiger partial charge in [0.25, 0.3) is 0 Å². The first-order valence-corrected chi connectivity index (χ1v) is 6.13. The highest BCUT2D eigenvalue weighted by Crippen LogP contribution is 2.36. The summed E-state index contributed by atoms with van der Waals surface area (Å²) in [5.74, 6) is 1.11. The third-order valence-electron chi connectivity index (χ3n) is 3.68. The van der Waals surface area contributed by atoms with E-state index in [9.17, 15) is 4.79 Å². The first-order valence-electron chi connectivity index (χ1n) is 6.13. The Bertz CT molecular complexity index is 434. The van der Waals surface area contributed by atoms with Crippen molar-refractivity contribution in [1.29, 1.82) is 0 Å². The van der Waals surface area contributed by atoms with Crippen molar-refractivity contribution in [3.8, 4) is 0 Å². The van der Waals surface area contributed by atoms with Gasteiger partial charge in [-0.2, -0.15) is 0 Å². The first-order chi connectivity index (χ1) is 7.75. The van der Waals surface area contributed by atoms with Gasteiger partial charge >= 0.3 is 0 Å². The fourth-order valence-electron chi connectivity index (χ4n) is 2.63. The summed E-state index contributed by atoms with van der Waals surface area (Å²) in [6, 6.07) is 6.14. The summed E-state index contributed by atoms with van der Waals surface area (Å²) in [6.07, 6.45) is 3.81. The number of ketones is 1. The van der Waals surface area contributed by atoms with E-state index in [1.54, 1.807) is 6.92 Å². The quantitative estimate of drug-likeness (QED) is 0.722. The Labute approximate surface area is 96.3 Å². The highest BCUT2D eigenvalue weighted by atomic mass is 16.1. The van der Waals surface area contributed by atoms with Crippen LogP contribution < -0.4 is 4.90 Å². The minimum absolute atomic E-state index is 0.199. The second-order valence-corrected chi connectivity index (χ2v) is 5.00.